The first-order chi connectivity index (χ1) is 22.2. The molecular formula is C36H52N4O6. The first-order valence-corrected chi connectivity index (χ1v) is 16.9. The van der Waals surface area contributed by atoms with Crippen molar-refractivity contribution >= 4 is 23.5 Å². The van der Waals surface area contributed by atoms with Crippen molar-refractivity contribution in [3.63, 3.8) is 0 Å². The summed E-state index contributed by atoms with van der Waals surface area (Å²) in [7, 11) is 1.77. The van der Waals surface area contributed by atoms with Gasteiger partial charge < -0.3 is 35.0 Å². The van der Waals surface area contributed by atoms with Gasteiger partial charge in [0.1, 0.15) is 5.75 Å². The number of nitrogens with zero attached hydrogens (tertiary/aromatic N) is 2. The third-order valence-corrected chi connectivity index (χ3v) is 9.07. The summed E-state index contributed by atoms with van der Waals surface area (Å²) in [4.78, 5) is 43.7. The van der Waals surface area contributed by atoms with E-state index in [0.717, 1.165) is 44.9 Å². The Morgan fingerprint density at radius 1 is 1.02 bits per heavy atom. The third kappa shape index (κ3) is 9.93. The molecule has 46 heavy (non-hydrogen) atoms. The summed E-state index contributed by atoms with van der Waals surface area (Å²) < 4.78 is 12.7. The maximum absolute atomic E-state index is 14.3. The van der Waals surface area contributed by atoms with Crippen LogP contribution in [0.15, 0.2) is 48.5 Å². The van der Waals surface area contributed by atoms with Gasteiger partial charge in [-0.05, 0) is 76.3 Å². The molecule has 4 rings (SSSR count). The third-order valence-electron chi connectivity index (χ3n) is 9.07. The Hall–Kier alpha value is -3.63. The average molecular weight is 637 g/mol. The van der Waals surface area contributed by atoms with Crippen LogP contribution in [0, 0.1) is 5.92 Å². The number of likely N-dealkylation sites (N-methyl/N-ethyl adjacent to an activating group) is 1. The number of hydrogen-bond acceptors (Lipinski definition) is 6. The molecule has 252 valence electrons. The highest BCUT2D eigenvalue weighted by Gasteiger charge is 2.31. The smallest absolute Gasteiger partial charge is 0.319 e. The van der Waals surface area contributed by atoms with Gasteiger partial charge in [0.05, 0.1) is 30.4 Å². The van der Waals surface area contributed by atoms with Gasteiger partial charge in [0.25, 0.3) is 11.8 Å². The fourth-order valence-corrected chi connectivity index (χ4v) is 6.22. The summed E-state index contributed by atoms with van der Waals surface area (Å²) >= 11 is 0. The average Bonchev–Trinajstić information content (AvgIpc) is 3.06. The fourth-order valence-electron chi connectivity index (χ4n) is 6.22. The molecule has 2 aliphatic rings. The number of ether oxygens (including phenoxy) is 2. The zero-order valence-corrected chi connectivity index (χ0v) is 27.9. The van der Waals surface area contributed by atoms with E-state index in [-0.39, 0.29) is 55.2 Å². The molecule has 4 atom stereocenters. The molecule has 0 spiro atoms. The van der Waals surface area contributed by atoms with Crippen LogP contribution in [0.4, 0.5) is 10.5 Å². The largest absolute Gasteiger partial charge is 0.490 e. The minimum atomic E-state index is -0.497. The van der Waals surface area contributed by atoms with Crippen LogP contribution in [0.5, 0.6) is 5.75 Å². The van der Waals surface area contributed by atoms with E-state index in [2.05, 4.69) is 10.6 Å². The van der Waals surface area contributed by atoms with Gasteiger partial charge in [-0.2, -0.15) is 0 Å². The van der Waals surface area contributed by atoms with Gasteiger partial charge in [-0.1, -0.05) is 44.4 Å². The number of hydrogen-bond donors (Lipinski definition) is 3. The highest BCUT2D eigenvalue weighted by molar-refractivity contribution is 5.99. The van der Waals surface area contributed by atoms with Crippen molar-refractivity contribution in [3.8, 4) is 5.75 Å². The van der Waals surface area contributed by atoms with E-state index in [1.54, 1.807) is 54.1 Å². The van der Waals surface area contributed by atoms with Crippen LogP contribution < -0.4 is 15.4 Å². The maximum atomic E-state index is 14.3. The summed E-state index contributed by atoms with van der Waals surface area (Å²) in [6.45, 7) is 6.72. The minimum Gasteiger partial charge on any atom is -0.490 e. The lowest BCUT2D eigenvalue weighted by atomic mass is 9.96. The van der Waals surface area contributed by atoms with Gasteiger partial charge in [0.15, 0.2) is 0 Å². The molecule has 2 aromatic rings. The molecule has 0 unspecified atom stereocenters. The Kier molecular flexibility index (Phi) is 13.3. The molecule has 0 bridgehead atoms. The van der Waals surface area contributed by atoms with E-state index in [1.165, 1.54) is 6.42 Å². The number of carbonyl (C=O) groups excluding carboxylic acids is 3. The molecule has 10 nitrogen and oxygen atoms in total. The number of carbonyl (C=O) groups is 3. The number of amides is 4. The van der Waals surface area contributed by atoms with Gasteiger partial charge in [-0.3, -0.25) is 9.59 Å². The summed E-state index contributed by atoms with van der Waals surface area (Å²) in [6.07, 6.45) is 7.32. The number of urea groups is 1. The number of aliphatic hydroxyl groups excluding tert-OH is 1. The summed E-state index contributed by atoms with van der Waals surface area (Å²) in [5.41, 5.74) is 1.41. The fraction of sp³-hybridized carbons (Fsp3) is 0.583. The quantitative estimate of drug-likeness (QED) is 0.358. The summed E-state index contributed by atoms with van der Waals surface area (Å²) in [6, 6.07) is 13.7. The highest BCUT2D eigenvalue weighted by Crippen LogP contribution is 2.29. The van der Waals surface area contributed by atoms with E-state index in [0.29, 0.717) is 35.7 Å². The zero-order chi connectivity index (χ0) is 33.1. The molecule has 4 amide bonds. The van der Waals surface area contributed by atoms with Crippen LogP contribution in [0.3, 0.4) is 0 Å². The number of benzene rings is 2. The van der Waals surface area contributed by atoms with Gasteiger partial charge in [0.2, 0.25) is 0 Å². The molecule has 10 heteroatoms. The van der Waals surface area contributed by atoms with E-state index in [9.17, 15) is 19.5 Å². The second kappa shape index (κ2) is 17.3. The number of anilines is 1. The van der Waals surface area contributed by atoms with Crippen molar-refractivity contribution in [1.29, 1.82) is 0 Å². The van der Waals surface area contributed by atoms with E-state index < -0.39 is 6.04 Å². The SMILES string of the molecule is C[C@@H]1CCCCO[C@H](CN(C)C(=O)c2ccccc2)[C@H](C)CN([C@@H](C)CO)C(=O)c2cc(NC(=O)NC3CCCCC3)ccc2O1. The molecule has 1 aliphatic heterocycles. The van der Waals surface area contributed by atoms with Crippen LogP contribution in [-0.4, -0.2) is 90.4 Å². The summed E-state index contributed by atoms with van der Waals surface area (Å²) in [5, 5.41) is 16.2. The molecule has 3 N–H and O–H groups in total. The van der Waals surface area contributed by atoms with Crippen LogP contribution in [0.1, 0.15) is 92.9 Å². The lowest BCUT2D eigenvalue weighted by Crippen LogP contribution is -2.48. The van der Waals surface area contributed by atoms with Gasteiger partial charge >= 0.3 is 6.03 Å². The molecule has 2 aromatic carbocycles. The van der Waals surface area contributed by atoms with Gasteiger partial charge in [-0.15, -0.1) is 0 Å². The van der Waals surface area contributed by atoms with E-state index in [4.69, 9.17) is 9.47 Å². The molecule has 0 aromatic heterocycles. The van der Waals surface area contributed by atoms with Crippen molar-refractivity contribution < 1.29 is 29.0 Å². The lowest BCUT2D eigenvalue weighted by Gasteiger charge is -2.36. The van der Waals surface area contributed by atoms with Gasteiger partial charge in [-0.25, -0.2) is 4.79 Å². The first-order valence-electron chi connectivity index (χ1n) is 16.9. The Labute approximate surface area is 273 Å². The van der Waals surface area contributed by atoms with E-state index in [1.807, 2.05) is 32.0 Å². The molecule has 1 fully saturated rings. The predicted molar refractivity (Wildman–Crippen MR) is 179 cm³/mol. The molecular weight excluding hydrogens is 584 g/mol. The molecule has 0 radical (unpaired) electrons. The molecule has 1 heterocycles. The van der Waals surface area contributed by atoms with Crippen LogP contribution in [0.25, 0.3) is 0 Å². The van der Waals surface area contributed by atoms with Crippen molar-refractivity contribution in [2.75, 3.05) is 38.7 Å². The predicted octanol–water partition coefficient (Wildman–Crippen LogP) is 5.71. The second-order valence-corrected chi connectivity index (χ2v) is 13.0. The Morgan fingerprint density at radius 3 is 2.46 bits per heavy atom. The summed E-state index contributed by atoms with van der Waals surface area (Å²) in [5.74, 6) is -0.134. The first kappa shape index (κ1) is 35.2. The monoisotopic (exact) mass is 636 g/mol. The van der Waals surface area contributed by atoms with Gasteiger partial charge in [0, 0.05) is 50.0 Å². The van der Waals surface area contributed by atoms with Crippen molar-refractivity contribution in [2.24, 2.45) is 5.92 Å². The zero-order valence-electron chi connectivity index (χ0n) is 27.9. The Bertz CT molecular complexity index is 1280. The van der Waals surface area contributed by atoms with Crippen LogP contribution >= 0.6 is 0 Å². The number of aliphatic hydroxyl groups is 1. The number of fused-ring (bicyclic) bond motifs is 1. The Morgan fingerprint density at radius 2 is 1.74 bits per heavy atom. The minimum absolute atomic E-state index is 0.0973. The van der Waals surface area contributed by atoms with Crippen molar-refractivity contribution in [1.82, 2.24) is 15.1 Å². The topological polar surface area (TPSA) is 120 Å². The van der Waals surface area contributed by atoms with Crippen molar-refractivity contribution in [3.05, 3.63) is 59.7 Å². The van der Waals surface area contributed by atoms with Crippen LogP contribution in [0.2, 0.25) is 0 Å². The molecule has 0 saturated heterocycles. The normalized spacial score (nSPS) is 22.5. The second-order valence-electron chi connectivity index (χ2n) is 13.0. The number of nitrogens with one attached hydrogen (secondary N) is 2. The van der Waals surface area contributed by atoms with Crippen LogP contribution in [-0.2, 0) is 4.74 Å². The van der Waals surface area contributed by atoms with E-state index >= 15 is 0 Å². The highest BCUT2D eigenvalue weighted by atomic mass is 16.5. The molecule has 1 aliphatic carbocycles. The van der Waals surface area contributed by atoms with Crippen molar-refractivity contribution in [2.45, 2.75) is 96.4 Å². The lowest BCUT2D eigenvalue weighted by molar-refractivity contribution is -0.0149. The Balaban J connectivity index is 1.58. The number of rotatable bonds is 7. The maximum Gasteiger partial charge on any atom is 0.319 e. The molecule has 1 saturated carbocycles. The standard InChI is InChI=1S/C36H52N4O6/c1-25-22-40(26(2)24-41)35(43)31-21-30(38-36(44)37-29-16-9-6-10-17-29)18-19-32(31)46-27(3)13-11-12-20-45-33(25)23-39(4)34(42)28-14-7-5-8-15-28/h5,7-8,14-15,18-19,21,25-27,29,33,41H,6,9-13,16-17,20,22-24H2,1-4H3,(H2,37,38,44)/t25-,26+,27-,33-/m1/s1.